The number of hydrogen-bond acceptors (Lipinski definition) is 2. The summed E-state index contributed by atoms with van der Waals surface area (Å²) in [7, 11) is 0. The number of hydrogen-bond donors (Lipinski definition) is 2. The van der Waals surface area contributed by atoms with Crippen molar-refractivity contribution in [1.29, 1.82) is 0 Å². The van der Waals surface area contributed by atoms with E-state index >= 15 is 0 Å². The molecule has 1 fully saturated rings. The Kier molecular flexibility index (Phi) is 5.11. The largest absolute Gasteiger partial charge is 0.388 e. The van der Waals surface area contributed by atoms with Gasteiger partial charge in [-0.15, -0.1) is 0 Å². The Morgan fingerprint density at radius 2 is 2.05 bits per heavy atom. The van der Waals surface area contributed by atoms with Crippen molar-refractivity contribution in [1.82, 2.24) is 9.88 Å². The molecule has 2 N–H and O–H groups in total. The zero-order valence-electron chi connectivity index (χ0n) is 12.0. The van der Waals surface area contributed by atoms with Crippen LogP contribution in [0.3, 0.4) is 0 Å². The smallest absolute Gasteiger partial charge is 0.268 e. The minimum Gasteiger partial charge on any atom is -0.388 e. The highest BCUT2D eigenvalue weighted by atomic mass is 35.5. The van der Waals surface area contributed by atoms with Crippen LogP contribution in [-0.4, -0.2) is 27.7 Å². The second-order valence-corrected chi connectivity index (χ2v) is 6.09. The molecule has 0 saturated heterocycles. The van der Waals surface area contributed by atoms with Crippen molar-refractivity contribution in [2.75, 3.05) is 6.54 Å². The van der Waals surface area contributed by atoms with Gasteiger partial charge in [0.25, 0.3) is 5.91 Å². The molecule has 0 spiro atoms. The maximum Gasteiger partial charge on any atom is 0.268 e. The van der Waals surface area contributed by atoms with Gasteiger partial charge in [0.2, 0.25) is 0 Å². The number of carbonyl (C=O) groups excluding carboxylic acids is 1. The van der Waals surface area contributed by atoms with Crippen LogP contribution in [0.4, 0.5) is 0 Å². The third kappa shape index (κ3) is 3.76. The first kappa shape index (κ1) is 15.4. The van der Waals surface area contributed by atoms with Gasteiger partial charge in [0.05, 0.1) is 10.6 Å². The first-order valence-corrected chi connectivity index (χ1v) is 7.78. The van der Waals surface area contributed by atoms with Gasteiger partial charge in [-0.2, -0.15) is 0 Å². The van der Waals surface area contributed by atoms with Crippen molar-refractivity contribution < 1.29 is 9.90 Å². The van der Waals surface area contributed by atoms with Crippen LogP contribution in [0, 0.1) is 0 Å². The van der Waals surface area contributed by atoms with Crippen LogP contribution in [0.15, 0.2) is 12.3 Å². The van der Waals surface area contributed by atoms with E-state index in [0.717, 1.165) is 25.7 Å². The Hall–Kier alpha value is -1.00. The van der Waals surface area contributed by atoms with Crippen molar-refractivity contribution in [3.63, 3.8) is 0 Å². The third-order valence-corrected chi connectivity index (χ3v) is 4.26. The molecule has 0 atom stereocenters. The molecule has 0 aromatic carbocycles. The van der Waals surface area contributed by atoms with Crippen LogP contribution in [0.2, 0.25) is 5.02 Å². The number of rotatable bonds is 4. The SMILES string of the molecule is CCn1cc(Cl)cc1C(=O)NCC1(O)CCCCCC1. The zero-order chi connectivity index (χ0) is 14.6. The normalized spacial score (nSPS) is 18.6. The lowest BCUT2D eigenvalue weighted by atomic mass is 9.94. The molecule has 1 amide bonds. The summed E-state index contributed by atoms with van der Waals surface area (Å²) in [4.78, 5) is 12.2. The Bertz CT molecular complexity index is 462. The quantitative estimate of drug-likeness (QED) is 0.840. The second-order valence-electron chi connectivity index (χ2n) is 5.65. The Morgan fingerprint density at radius 3 is 2.65 bits per heavy atom. The third-order valence-electron chi connectivity index (χ3n) is 4.05. The van der Waals surface area contributed by atoms with Crippen molar-refractivity contribution in [2.24, 2.45) is 0 Å². The van der Waals surface area contributed by atoms with E-state index in [1.54, 1.807) is 12.3 Å². The van der Waals surface area contributed by atoms with Crippen molar-refractivity contribution in [3.05, 3.63) is 23.0 Å². The fraction of sp³-hybridized carbons (Fsp3) is 0.667. The van der Waals surface area contributed by atoms with E-state index < -0.39 is 5.60 Å². The Labute approximate surface area is 125 Å². The van der Waals surface area contributed by atoms with Crippen molar-refractivity contribution in [3.8, 4) is 0 Å². The van der Waals surface area contributed by atoms with Crippen LogP contribution >= 0.6 is 11.6 Å². The number of nitrogens with zero attached hydrogens (tertiary/aromatic N) is 1. The van der Waals surface area contributed by atoms with Gasteiger partial charge in [0.15, 0.2) is 0 Å². The molecule has 0 radical (unpaired) electrons. The molecule has 5 heteroatoms. The summed E-state index contributed by atoms with van der Waals surface area (Å²) in [6.07, 6.45) is 7.69. The maximum atomic E-state index is 12.2. The number of carbonyl (C=O) groups is 1. The van der Waals surface area contributed by atoms with Crippen molar-refractivity contribution in [2.45, 2.75) is 57.6 Å². The first-order valence-electron chi connectivity index (χ1n) is 7.40. The van der Waals surface area contributed by atoms with Crippen LogP contribution < -0.4 is 5.32 Å². The molecule has 112 valence electrons. The van der Waals surface area contributed by atoms with Gasteiger partial charge >= 0.3 is 0 Å². The lowest BCUT2D eigenvalue weighted by Crippen LogP contribution is -2.43. The molecule has 1 aliphatic rings. The van der Waals surface area contributed by atoms with Gasteiger partial charge < -0.3 is 15.0 Å². The lowest BCUT2D eigenvalue weighted by Gasteiger charge is -2.26. The molecule has 1 aromatic heterocycles. The molecular formula is C15H23ClN2O2. The maximum absolute atomic E-state index is 12.2. The molecule has 1 aromatic rings. The van der Waals surface area contributed by atoms with Crippen molar-refractivity contribution >= 4 is 17.5 Å². The highest BCUT2D eigenvalue weighted by molar-refractivity contribution is 6.31. The van der Waals surface area contributed by atoms with Crippen LogP contribution in [0.5, 0.6) is 0 Å². The van der Waals surface area contributed by atoms with E-state index in [0.29, 0.717) is 23.8 Å². The summed E-state index contributed by atoms with van der Waals surface area (Å²) in [6, 6.07) is 1.66. The molecule has 0 aliphatic heterocycles. The van der Waals surface area contributed by atoms with Crippen LogP contribution in [0.25, 0.3) is 0 Å². The average molecular weight is 299 g/mol. The summed E-state index contributed by atoms with van der Waals surface area (Å²) in [5, 5.41) is 13.9. The Morgan fingerprint density at radius 1 is 1.40 bits per heavy atom. The van der Waals surface area contributed by atoms with Gasteiger partial charge in [-0.05, 0) is 25.8 Å². The minimum absolute atomic E-state index is 0.170. The summed E-state index contributed by atoms with van der Waals surface area (Å²) in [6.45, 7) is 2.98. The van der Waals surface area contributed by atoms with Gasteiger partial charge in [0, 0.05) is 19.3 Å². The van der Waals surface area contributed by atoms with E-state index in [1.807, 2.05) is 11.5 Å². The number of nitrogens with one attached hydrogen (secondary N) is 1. The predicted octanol–water partition coefficient (Wildman–Crippen LogP) is 2.98. The summed E-state index contributed by atoms with van der Waals surface area (Å²) in [5.74, 6) is -0.170. The number of aryl methyl sites for hydroxylation is 1. The van der Waals surface area contributed by atoms with E-state index in [1.165, 1.54) is 12.8 Å². The molecule has 1 aliphatic carbocycles. The molecule has 2 rings (SSSR count). The number of halogens is 1. The van der Waals surface area contributed by atoms with Gasteiger partial charge in [0.1, 0.15) is 5.69 Å². The van der Waals surface area contributed by atoms with E-state index in [2.05, 4.69) is 5.32 Å². The lowest BCUT2D eigenvalue weighted by molar-refractivity contribution is 0.0245. The predicted molar refractivity (Wildman–Crippen MR) is 80.1 cm³/mol. The molecule has 4 nitrogen and oxygen atoms in total. The molecular weight excluding hydrogens is 276 g/mol. The standard InChI is InChI=1S/C15H23ClN2O2/c1-2-18-10-12(16)9-13(18)14(19)17-11-15(20)7-5-3-4-6-8-15/h9-10,20H,2-8,11H2,1H3,(H,17,19). The fourth-order valence-corrected chi connectivity index (χ4v) is 3.05. The average Bonchev–Trinajstić information content (AvgIpc) is 2.67. The first-order chi connectivity index (χ1) is 9.54. The highest BCUT2D eigenvalue weighted by Gasteiger charge is 2.28. The molecule has 20 heavy (non-hydrogen) atoms. The molecule has 1 saturated carbocycles. The summed E-state index contributed by atoms with van der Waals surface area (Å²) in [5.41, 5.74) is -0.200. The van der Waals surface area contributed by atoms with Gasteiger partial charge in [-0.3, -0.25) is 4.79 Å². The van der Waals surface area contributed by atoms with E-state index in [4.69, 9.17) is 11.6 Å². The molecule has 1 heterocycles. The minimum atomic E-state index is -0.750. The topological polar surface area (TPSA) is 54.3 Å². The van der Waals surface area contributed by atoms with Crippen LogP contribution in [-0.2, 0) is 6.54 Å². The van der Waals surface area contributed by atoms with E-state index in [-0.39, 0.29) is 5.91 Å². The second kappa shape index (κ2) is 6.64. The zero-order valence-corrected chi connectivity index (χ0v) is 12.7. The van der Waals surface area contributed by atoms with Crippen LogP contribution in [0.1, 0.15) is 55.9 Å². The fourth-order valence-electron chi connectivity index (χ4n) is 2.83. The summed E-state index contributed by atoms with van der Waals surface area (Å²) >= 11 is 5.94. The number of aromatic nitrogens is 1. The highest BCUT2D eigenvalue weighted by Crippen LogP contribution is 2.26. The van der Waals surface area contributed by atoms with Gasteiger partial charge in [-0.25, -0.2) is 0 Å². The number of amides is 1. The van der Waals surface area contributed by atoms with Gasteiger partial charge in [-0.1, -0.05) is 37.3 Å². The molecule has 0 unspecified atom stereocenters. The monoisotopic (exact) mass is 298 g/mol. The van der Waals surface area contributed by atoms with E-state index in [9.17, 15) is 9.90 Å². The summed E-state index contributed by atoms with van der Waals surface area (Å²) < 4.78 is 1.81. The molecule has 0 bridgehead atoms. The Balaban J connectivity index is 1.97. The number of aliphatic hydroxyl groups is 1.